The Kier molecular flexibility index (Phi) is 6.40. The van der Waals surface area contributed by atoms with E-state index >= 15 is 0 Å². The molecule has 0 bridgehead atoms. The molecular weight excluding hydrogens is 361 g/mol. The summed E-state index contributed by atoms with van der Waals surface area (Å²) in [5.41, 5.74) is 1.28. The minimum atomic E-state index is -3.54. The zero-order valence-electron chi connectivity index (χ0n) is 14.6. The van der Waals surface area contributed by atoms with Crippen molar-refractivity contribution in [2.45, 2.75) is 6.54 Å². The normalized spacial score (nSPS) is 11.8. The van der Waals surface area contributed by atoms with Gasteiger partial charge in [-0.1, -0.05) is 12.1 Å². The predicted octanol–water partition coefficient (Wildman–Crippen LogP) is 2.36. The summed E-state index contributed by atoms with van der Waals surface area (Å²) in [6.45, 7) is 0.165. The van der Waals surface area contributed by atoms with Crippen molar-refractivity contribution in [2.24, 2.45) is 4.99 Å². The number of nitrogens with zero attached hydrogens (tertiary/aromatic N) is 1. The SMILES string of the molecule is COc1ccc(NC(=NCc2ccc(F)cc2)NS(C)(=O)=O)cc1OC. The molecule has 0 heterocycles. The van der Waals surface area contributed by atoms with Crippen LogP contribution in [0.2, 0.25) is 0 Å². The quantitative estimate of drug-likeness (QED) is 0.592. The minimum absolute atomic E-state index is 0.0315. The smallest absolute Gasteiger partial charge is 0.232 e. The molecule has 0 aliphatic carbocycles. The lowest BCUT2D eigenvalue weighted by Crippen LogP contribution is -2.35. The van der Waals surface area contributed by atoms with Crippen LogP contribution in [-0.4, -0.2) is 34.9 Å². The van der Waals surface area contributed by atoms with Gasteiger partial charge in [0.2, 0.25) is 16.0 Å². The number of aliphatic imine (C=N–C) groups is 1. The number of benzene rings is 2. The van der Waals surface area contributed by atoms with Crippen LogP contribution >= 0.6 is 0 Å². The van der Waals surface area contributed by atoms with E-state index in [9.17, 15) is 12.8 Å². The maximum atomic E-state index is 13.0. The molecule has 0 saturated heterocycles. The van der Waals surface area contributed by atoms with Crippen LogP contribution in [0.1, 0.15) is 5.56 Å². The summed E-state index contributed by atoms with van der Waals surface area (Å²) < 4.78 is 48.8. The van der Waals surface area contributed by atoms with Crippen molar-refractivity contribution in [1.82, 2.24) is 4.72 Å². The predicted molar refractivity (Wildman–Crippen MR) is 98.7 cm³/mol. The molecule has 140 valence electrons. The van der Waals surface area contributed by atoms with Gasteiger partial charge in [-0.3, -0.25) is 4.72 Å². The van der Waals surface area contributed by atoms with Crippen LogP contribution in [0.3, 0.4) is 0 Å². The number of hydrogen-bond donors (Lipinski definition) is 2. The molecule has 2 aromatic rings. The van der Waals surface area contributed by atoms with Gasteiger partial charge in [0.1, 0.15) is 5.82 Å². The molecule has 0 amide bonds. The van der Waals surface area contributed by atoms with Crippen molar-refractivity contribution < 1.29 is 22.3 Å². The number of ether oxygens (including phenoxy) is 2. The highest BCUT2D eigenvalue weighted by Crippen LogP contribution is 2.29. The first-order chi connectivity index (χ1) is 12.3. The fraction of sp³-hybridized carbons (Fsp3) is 0.235. The fourth-order valence-corrected chi connectivity index (χ4v) is 2.55. The van der Waals surface area contributed by atoms with Crippen LogP contribution in [0.15, 0.2) is 47.5 Å². The number of guanidine groups is 1. The second-order valence-electron chi connectivity index (χ2n) is 5.36. The average molecular weight is 381 g/mol. The van der Waals surface area contributed by atoms with E-state index in [1.165, 1.54) is 26.4 Å². The van der Waals surface area contributed by atoms with Gasteiger partial charge in [-0.25, -0.2) is 17.8 Å². The van der Waals surface area contributed by atoms with Crippen LogP contribution in [0.25, 0.3) is 0 Å². The van der Waals surface area contributed by atoms with Gasteiger partial charge in [-0.2, -0.15) is 0 Å². The topological polar surface area (TPSA) is 89.0 Å². The standard InChI is InChI=1S/C17H20FN3O4S/c1-24-15-9-8-14(10-16(15)25-2)20-17(21-26(3,22)23)19-11-12-4-6-13(18)7-5-12/h4-10H,11H2,1-3H3,(H2,19,20,21). The fourth-order valence-electron chi connectivity index (χ4n) is 2.08. The Hall–Kier alpha value is -2.81. The second-order valence-corrected chi connectivity index (χ2v) is 7.11. The molecule has 0 fully saturated rings. The molecule has 0 aliphatic rings. The van der Waals surface area contributed by atoms with Gasteiger partial charge in [0.15, 0.2) is 11.5 Å². The van der Waals surface area contributed by atoms with Gasteiger partial charge in [-0.15, -0.1) is 0 Å². The lowest BCUT2D eigenvalue weighted by molar-refractivity contribution is 0.355. The third-order valence-corrected chi connectivity index (χ3v) is 3.83. The Balaban J connectivity index is 2.24. The van der Waals surface area contributed by atoms with Crippen LogP contribution in [0, 0.1) is 5.82 Å². The van der Waals surface area contributed by atoms with Crippen molar-refractivity contribution in [3.05, 3.63) is 53.8 Å². The van der Waals surface area contributed by atoms with Gasteiger partial charge in [0, 0.05) is 11.8 Å². The molecule has 0 saturated carbocycles. The van der Waals surface area contributed by atoms with Crippen LogP contribution in [0.4, 0.5) is 10.1 Å². The van der Waals surface area contributed by atoms with Gasteiger partial charge < -0.3 is 14.8 Å². The molecule has 2 rings (SSSR count). The minimum Gasteiger partial charge on any atom is -0.493 e. The van der Waals surface area contributed by atoms with Crippen molar-refractivity contribution in [3.8, 4) is 11.5 Å². The Bertz CT molecular complexity index is 883. The lowest BCUT2D eigenvalue weighted by atomic mass is 10.2. The summed E-state index contributed by atoms with van der Waals surface area (Å²) in [6.07, 6.45) is 1.02. The number of halogens is 1. The third-order valence-electron chi connectivity index (χ3n) is 3.26. The first-order valence-electron chi connectivity index (χ1n) is 7.56. The van der Waals surface area contributed by atoms with E-state index in [4.69, 9.17) is 9.47 Å². The molecule has 0 aromatic heterocycles. The van der Waals surface area contributed by atoms with E-state index in [-0.39, 0.29) is 18.3 Å². The number of rotatable bonds is 6. The van der Waals surface area contributed by atoms with Gasteiger partial charge in [0.25, 0.3) is 0 Å². The van der Waals surface area contributed by atoms with Gasteiger partial charge in [0.05, 0.1) is 27.0 Å². The molecule has 0 spiro atoms. The molecule has 2 N–H and O–H groups in total. The summed E-state index contributed by atoms with van der Waals surface area (Å²) in [5, 5.41) is 2.89. The summed E-state index contributed by atoms with van der Waals surface area (Å²) in [4.78, 5) is 4.22. The van der Waals surface area contributed by atoms with E-state index in [0.29, 0.717) is 17.2 Å². The molecule has 26 heavy (non-hydrogen) atoms. The maximum absolute atomic E-state index is 13.0. The van der Waals surface area contributed by atoms with Gasteiger partial charge in [-0.05, 0) is 29.8 Å². The maximum Gasteiger partial charge on any atom is 0.232 e. The summed E-state index contributed by atoms with van der Waals surface area (Å²) in [5.74, 6) is 0.702. The van der Waals surface area contributed by atoms with Crippen molar-refractivity contribution >= 4 is 21.7 Å². The molecule has 9 heteroatoms. The first kappa shape index (κ1) is 19.5. The van der Waals surface area contributed by atoms with E-state index in [0.717, 1.165) is 11.8 Å². The molecule has 7 nitrogen and oxygen atoms in total. The number of anilines is 1. The Morgan fingerprint density at radius 3 is 2.31 bits per heavy atom. The highest BCUT2D eigenvalue weighted by molar-refractivity contribution is 7.89. The van der Waals surface area contributed by atoms with Crippen LogP contribution in [0.5, 0.6) is 11.5 Å². The number of sulfonamides is 1. The monoisotopic (exact) mass is 381 g/mol. The highest BCUT2D eigenvalue weighted by atomic mass is 32.2. The Morgan fingerprint density at radius 1 is 1.08 bits per heavy atom. The summed E-state index contributed by atoms with van der Waals surface area (Å²) >= 11 is 0. The zero-order valence-corrected chi connectivity index (χ0v) is 15.4. The number of methoxy groups -OCH3 is 2. The summed E-state index contributed by atoms with van der Waals surface area (Å²) in [6, 6.07) is 10.8. The van der Waals surface area contributed by atoms with Crippen molar-refractivity contribution in [2.75, 3.05) is 25.8 Å². The second kappa shape index (κ2) is 8.52. The molecule has 0 atom stereocenters. The highest BCUT2D eigenvalue weighted by Gasteiger charge is 2.10. The van der Waals surface area contributed by atoms with Crippen LogP contribution < -0.4 is 19.5 Å². The average Bonchev–Trinajstić information content (AvgIpc) is 2.59. The van der Waals surface area contributed by atoms with E-state index in [2.05, 4.69) is 15.0 Å². The Labute approximate surface area is 151 Å². The summed E-state index contributed by atoms with van der Waals surface area (Å²) in [7, 11) is -0.523. The molecule has 0 aliphatic heterocycles. The van der Waals surface area contributed by atoms with Crippen LogP contribution in [-0.2, 0) is 16.6 Å². The Morgan fingerprint density at radius 2 is 1.73 bits per heavy atom. The molecular formula is C17H20FN3O4S. The van der Waals surface area contributed by atoms with Crippen molar-refractivity contribution in [1.29, 1.82) is 0 Å². The largest absolute Gasteiger partial charge is 0.493 e. The lowest BCUT2D eigenvalue weighted by Gasteiger charge is -2.13. The van der Waals surface area contributed by atoms with E-state index in [1.807, 2.05) is 0 Å². The number of hydrogen-bond acceptors (Lipinski definition) is 5. The molecule has 0 unspecified atom stereocenters. The molecule has 0 radical (unpaired) electrons. The first-order valence-corrected chi connectivity index (χ1v) is 9.45. The van der Waals surface area contributed by atoms with Crippen molar-refractivity contribution in [3.63, 3.8) is 0 Å². The van der Waals surface area contributed by atoms with E-state index in [1.54, 1.807) is 30.3 Å². The zero-order chi connectivity index (χ0) is 19.2. The third kappa shape index (κ3) is 5.92. The number of nitrogens with one attached hydrogen (secondary N) is 2. The van der Waals surface area contributed by atoms with E-state index < -0.39 is 10.0 Å². The molecule has 2 aromatic carbocycles. The van der Waals surface area contributed by atoms with Gasteiger partial charge >= 0.3 is 0 Å².